The molecule has 2 nitrogen and oxygen atoms in total. The summed E-state index contributed by atoms with van der Waals surface area (Å²) in [6.07, 6.45) is 3.00. The van der Waals surface area contributed by atoms with Crippen LogP contribution < -0.4 is 0 Å². The van der Waals surface area contributed by atoms with E-state index in [2.05, 4.69) is 0 Å². The van der Waals surface area contributed by atoms with Crippen LogP contribution in [0.15, 0.2) is 41.2 Å². The molecule has 0 aliphatic heterocycles. The van der Waals surface area contributed by atoms with Crippen LogP contribution in [-0.2, 0) is 6.42 Å². The average Bonchev–Trinajstić information content (AvgIpc) is 2.70. The van der Waals surface area contributed by atoms with Crippen molar-refractivity contribution in [3.63, 3.8) is 0 Å². The predicted molar refractivity (Wildman–Crippen MR) is 58.2 cm³/mol. The quantitative estimate of drug-likeness (QED) is 0.766. The second-order valence-corrected chi connectivity index (χ2v) is 3.74. The Morgan fingerprint density at radius 3 is 2.81 bits per heavy atom. The number of hydrogen-bond acceptors (Lipinski definition) is 2. The van der Waals surface area contributed by atoms with Gasteiger partial charge in [-0.2, -0.15) is 0 Å². The SMILES string of the molecule is O=C(Cc1ccoc1)c1c(F)cccc1Cl. The van der Waals surface area contributed by atoms with Gasteiger partial charge in [0, 0.05) is 6.42 Å². The topological polar surface area (TPSA) is 30.2 Å². The van der Waals surface area contributed by atoms with Gasteiger partial charge >= 0.3 is 0 Å². The fraction of sp³-hybridized carbons (Fsp3) is 0.0833. The van der Waals surface area contributed by atoms with Crippen molar-refractivity contribution in [1.82, 2.24) is 0 Å². The van der Waals surface area contributed by atoms with Gasteiger partial charge in [-0.05, 0) is 23.8 Å². The van der Waals surface area contributed by atoms with E-state index in [0.717, 1.165) is 0 Å². The minimum atomic E-state index is -0.596. The Kier molecular flexibility index (Phi) is 3.06. The summed E-state index contributed by atoms with van der Waals surface area (Å²) in [6.45, 7) is 0. The van der Waals surface area contributed by atoms with Gasteiger partial charge < -0.3 is 4.42 Å². The molecule has 4 heteroatoms. The normalized spacial score (nSPS) is 10.4. The van der Waals surface area contributed by atoms with E-state index in [4.69, 9.17) is 16.0 Å². The number of carbonyl (C=O) groups is 1. The molecule has 0 atom stereocenters. The van der Waals surface area contributed by atoms with Crippen LogP contribution in [0.5, 0.6) is 0 Å². The summed E-state index contributed by atoms with van der Waals surface area (Å²) >= 11 is 5.78. The summed E-state index contributed by atoms with van der Waals surface area (Å²) in [5.74, 6) is -0.953. The maximum atomic E-state index is 13.4. The molecule has 0 radical (unpaired) electrons. The Labute approximate surface area is 96.6 Å². The van der Waals surface area contributed by atoms with E-state index >= 15 is 0 Å². The second-order valence-electron chi connectivity index (χ2n) is 3.33. The summed E-state index contributed by atoms with van der Waals surface area (Å²) in [5.41, 5.74) is 0.634. The Hall–Kier alpha value is -1.61. The maximum Gasteiger partial charge on any atom is 0.171 e. The number of carbonyl (C=O) groups excluding carboxylic acids is 1. The lowest BCUT2D eigenvalue weighted by Crippen LogP contribution is -2.06. The van der Waals surface area contributed by atoms with Crippen molar-refractivity contribution in [3.8, 4) is 0 Å². The highest BCUT2D eigenvalue weighted by atomic mass is 35.5. The van der Waals surface area contributed by atoms with Gasteiger partial charge in [-0.1, -0.05) is 17.7 Å². The van der Waals surface area contributed by atoms with E-state index < -0.39 is 5.82 Å². The standard InChI is InChI=1S/C12H8ClFO2/c13-9-2-1-3-10(14)12(9)11(15)6-8-4-5-16-7-8/h1-5,7H,6H2. The lowest BCUT2D eigenvalue weighted by atomic mass is 10.0. The highest BCUT2D eigenvalue weighted by Gasteiger charge is 2.16. The van der Waals surface area contributed by atoms with Gasteiger partial charge in [0.25, 0.3) is 0 Å². The van der Waals surface area contributed by atoms with E-state index in [1.54, 1.807) is 6.07 Å². The highest BCUT2D eigenvalue weighted by Crippen LogP contribution is 2.21. The smallest absolute Gasteiger partial charge is 0.171 e. The van der Waals surface area contributed by atoms with Crippen LogP contribution in [0.3, 0.4) is 0 Å². The van der Waals surface area contributed by atoms with Crippen molar-refractivity contribution in [1.29, 1.82) is 0 Å². The first-order valence-electron chi connectivity index (χ1n) is 4.67. The Morgan fingerprint density at radius 2 is 2.19 bits per heavy atom. The zero-order valence-electron chi connectivity index (χ0n) is 8.24. The van der Waals surface area contributed by atoms with Gasteiger partial charge in [-0.15, -0.1) is 0 Å². The summed E-state index contributed by atoms with van der Waals surface area (Å²) in [5, 5.41) is 0.133. The summed E-state index contributed by atoms with van der Waals surface area (Å²) in [6, 6.07) is 5.83. The van der Waals surface area contributed by atoms with Crippen LogP contribution in [0, 0.1) is 5.82 Å². The molecule has 0 aliphatic rings. The lowest BCUT2D eigenvalue weighted by Gasteiger charge is -2.03. The van der Waals surface area contributed by atoms with Gasteiger partial charge in [0.05, 0.1) is 23.1 Å². The lowest BCUT2D eigenvalue weighted by molar-refractivity contribution is 0.0989. The van der Waals surface area contributed by atoms with Crippen molar-refractivity contribution in [2.24, 2.45) is 0 Å². The number of benzene rings is 1. The molecule has 1 aromatic carbocycles. The van der Waals surface area contributed by atoms with E-state index in [1.165, 1.54) is 30.7 Å². The monoisotopic (exact) mass is 238 g/mol. The summed E-state index contributed by atoms with van der Waals surface area (Å²) in [4.78, 5) is 11.8. The van der Waals surface area contributed by atoms with Gasteiger partial charge in [0.1, 0.15) is 5.82 Å². The van der Waals surface area contributed by atoms with Crippen molar-refractivity contribution < 1.29 is 13.6 Å². The van der Waals surface area contributed by atoms with E-state index in [9.17, 15) is 9.18 Å². The molecular weight excluding hydrogens is 231 g/mol. The fourth-order valence-corrected chi connectivity index (χ4v) is 1.70. The maximum absolute atomic E-state index is 13.4. The molecule has 82 valence electrons. The molecule has 0 bridgehead atoms. The van der Waals surface area contributed by atoms with Crippen molar-refractivity contribution in [2.75, 3.05) is 0 Å². The molecular formula is C12H8ClFO2. The fourth-order valence-electron chi connectivity index (χ4n) is 1.43. The third-order valence-electron chi connectivity index (χ3n) is 2.19. The molecule has 0 aliphatic carbocycles. The molecule has 0 saturated carbocycles. The molecule has 0 fully saturated rings. The molecule has 0 saturated heterocycles. The molecule has 0 unspecified atom stereocenters. The van der Waals surface area contributed by atoms with Crippen LogP contribution in [0.25, 0.3) is 0 Å². The number of rotatable bonds is 3. The number of hydrogen-bond donors (Lipinski definition) is 0. The minimum absolute atomic E-state index is 0.0645. The largest absolute Gasteiger partial charge is 0.472 e. The van der Waals surface area contributed by atoms with Crippen LogP contribution >= 0.6 is 11.6 Å². The van der Waals surface area contributed by atoms with Crippen LogP contribution in [0.1, 0.15) is 15.9 Å². The molecule has 0 amide bonds. The Morgan fingerprint density at radius 1 is 1.38 bits per heavy atom. The number of ketones is 1. The molecule has 0 spiro atoms. The van der Waals surface area contributed by atoms with E-state index in [0.29, 0.717) is 5.56 Å². The van der Waals surface area contributed by atoms with E-state index in [1.807, 2.05) is 0 Å². The second kappa shape index (κ2) is 4.49. The first-order chi connectivity index (χ1) is 7.68. The molecule has 0 N–H and O–H groups in total. The Bertz CT molecular complexity index is 485. The van der Waals surface area contributed by atoms with Crippen LogP contribution in [0.4, 0.5) is 4.39 Å². The van der Waals surface area contributed by atoms with Gasteiger partial charge in [-0.3, -0.25) is 4.79 Å². The first-order valence-corrected chi connectivity index (χ1v) is 5.04. The number of halogens is 2. The van der Waals surface area contributed by atoms with Crippen molar-refractivity contribution in [2.45, 2.75) is 6.42 Å². The zero-order valence-corrected chi connectivity index (χ0v) is 9.00. The predicted octanol–water partition coefficient (Wildman–Crippen LogP) is 3.50. The first kappa shape index (κ1) is 10.9. The van der Waals surface area contributed by atoms with Gasteiger partial charge in [0.2, 0.25) is 0 Å². The number of Topliss-reactive ketones (excluding diaryl/α,β-unsaturated/α-hetero) is 1. The van der Waals surface area contributed by atoms with Crippen LogP contribution in [0.2, 0.25) is 5.02 Å². The highest BCUT2D eigenvalue weighted by molar-refractivity contribution is 6.34. The van der Waals surface area contributed by atoms with E-state index in [-0.39, 0.29) is 22.8 Å². The Balaban J connectivity index is 2.28. The number of furan rings is 1. The third-order valence-corrected chi connectivity index (χ3v) is 2.50. The van der Waals surface area contributed by atoms with Crippen LogP contribution in [-0.4, -0.2) is 5.78 Å². The molecule has 1 heterocycles. The van der Waals surface area contributed by atoms with Gasteiger partial charge in [-0.25, -0.2) is 4.39 Å². The van der Waals surface area contributed by atoms with Crippen molar-refractivity contribution in [3.05, 3.63) is 58.8 Å². The third kappa shape index (κ3) is 2.14. The van der Waals surface area contributed by atoms with Gasteiger partial charge in [0.15, 0.2) is 5.78 Å². The minimum Gasteiger partial charge on any atom is -0.472 e. The summed E-state index contributed by atoms with van der Waals surface area (Å²) in [7, 11) is 0. The molecule has 16 heavy (non-hydrogen) atoms. The summed E-state index contributed by atoms with van der Waals surface area (Å²) < 4.78 is 18.2. The van der Waals surface area contributed by atoms with Crippen molar-refractivity contribution >= 4 is 17.4 Å². The molecule has 2 rings (SSSR count). The zero-order chi connectivity index (χ0) is 11.5. The molecule has 1 aromatic heterocycles. The molecule has 2 aromatic rings. The average molecular weight is 239 g/mol.